The summed E-state index contributed by atoms with van der Waals surface area (Å²) >= 11 is 0. The van der Waals surface area contributed by atoms with E-state index in [2.05, 4.69) is 10.6 Å². The van der Waals surface area contributed by atoms with Crippen LogP contribution in [-0.4, -0.2) is 30.9 Å². The highest BCUT2D eigenvalue weighted by atomic mass is 35.5. The molecule has 0 aliphatic heterocycles. The predicted octanol–water partition coefficient (Wildman–Crippen LogP) is 2.50. The quantitative estimate of drug-likeness (QED) is 0.734. The van der Waals surface area contributed by atoms with Gasteiger partial charge in [0, 0.05) is 23.7 Å². The van der Waals surface area contributed by atoms with Gasteiger partial charge in [0.1, 0.15) is 0 Å². The van der Waals surface area contributed by atoms with Crippen molar-refractivity contribution in [2.45, 2.75) is 45.1 Å². The van der Waals surface area contributed by atoms with Crippen molar-refractivity contribution in [2.75, 3.05) is 13.1 Å². The number of halogens is 1. The van der Waals surface area contributed by atoms with E-state index in [1.54, 1.807) is 24.3 Å². The van der Waals surface area contributed by atoms with Crippen molar-refractivity contribution in [2.24, 2.45) is 11.7 Å². The zero-order chi connectivity index (χ0) is 16.7. The molecule has 4 N–H and O–H groups in total. The second kappa shape index (κ2) is 10.3. The van der Waals surface area contributed by atoms with E-state index in [1.165, 1.54) is 6.42 Å². The van der Waals surface area contributed by atoms with Crippen LogP contribution in [0.2, 0.25) is 0 Å². The minimum absolute atomic E-state index is 0. The normalized spacial score (nSPS) is 19.9. The van der Waals surface area contributed by atoms with Gasteiger partial charge < -0.3 is 16.4 Å². The van der Waals surface area contributed by atoms with E-state index in [0.29, 0.717) is 30.1 Å². The minimum atomic E-state index is -0.140. The first-order chi connectivity index (χ1) is 11.2. The summed E-state index contributed by atoms with van der Waals surface area (Å²) in [6.45, 7) is 3.24. The first-order valence-electron chi connectivity index (χ1n) is 8.55. The molecule has 24 heavy (non-hydrogen) atoms. The molecule has 1 fully saturated rings. The first kappa shape index (κ1) is 20.5. The fraction of sp³-hybridized carbons (Fsp3) is 0.556. The van der Waals surface area contributed by atoms with Crippen LogP contribution in [-0.2, 0) is 0 Å². The molecule has 2 amide bonds. The summed E-state index contributed by atoms with van der Waals surface area (Å²) in [5, 5.41) is 5.92. The van der Waals surface area contributed by atoms with Gasteiger partial charge in [0.2, 0.25) is 0 Å². The molecule has 0 spiro atoms. The minimum Gasteiger partial charge on any atom is -0.352 e. The molecule has 0 aromatic heterocycles. The Morgan fingerprint density at radius 3 is 2.50 bits per heavy atom. The lowest BCUT2D eigenvalue weighted by molar-refractivity contribution is 0.0908. The maximum absolute atomic E-state index is 12.5. The third kappa shape index (κ3) is 5.49. The van der Waals surface area contributed by atoms with Crippen LogP contribution in [0.3, 0.4) is 0 Å². The lowest BCUT2D eigenvalue weighted by Crippen LogP contribution is -2.44. The van der Waals surface area contributed by atoms with Crippen molar-refractivity contribution in [3.05, 3.63) is 35.4 Å². The second-order valence-electron chi connectivity index (χ2n) is 6.20. The molecule has 134 valence electrons. The monoisotopic (exact) mass is 353 g/mol. The highest BCUT2D eigenvalue weighted by Gasteiger charge is 2.25. The van der Waals surface area contributed by atoms with E-state index in [0.717, 1.165) is 25.7 Å². The number of hydrogen-bond acceptors (Lipinski definition) is 3. The molecule has 1 aliphatic rings. The molecule has 5 nitrogen and oxygen atoms in total. The van der Waals surface area contributed by atoms with Crippen LogP contribution in [0.1, 0.15) is 59.7 Å². The van der Waals surface area contributed by atoms with Gasteiger partial charge in [0.05, 0.1) is 0 Å². The molecular weight excluding hydrogens is 326 g/mol. The van der Waals surface area contributed by atoms with Crippen LogP contribution in [0, 0.1) is 5.92 Å². The molecule has 1 aliphatic carbocycles. The molecule has 0 saturated heterocycles. The Labute approximate surface area is 150 Å². The molecule has 2 unspecified atom stereocenters. The van der Waals surface area contributed by atoms with Crippen molar-refractivity contribution in [1.82, 2.24) is 10.6 Å². The zero-order valence-corrected chi connectivity index (χ0v) is 15.0. The smallest absolute Gasteiger partial charge is 0.251 e. The second-order valence-corrected chi connectivity index (χ2v) is 6.20. The average Bonchev–Trinajstić information content (AvgIpc) is 2.60. The predicted molar refractivity (Wildman–Crippen MR) is 98.6 cm³/mol. The number of amides is 2. The maximum atomic E-state index is 12.5. The van der Waals surface area contributed by atoms with Gasteiger partial charge >= 0.3 is 0 Å². The number of benzene rings is 1. The first-order valence-corrected chi connectivity index (χ1v) is 8.55. The molecular formula is C18H28ClN3O2. The van der Waals surface area contributed by atoms with Crippen LogP contribution >= 0.6 is 12.4 Å². The van der Waals surface area contributed by atoms with Crippen molar-refractivity contribution >= 4 is 24.2 Å². The largest absolute Gasteiger partial charge is 0.352 e. The van der Waals surface area contributed by atoms with E-state index >= 15 is 0 Å². The standard InChI is InChI=1S/C18H27N3O2.ClH/c1-2-10-20-17(22)13-7-5-8-14(11-13)18(23)21-16-9-4-3-6-15(16)12-19;/h5,7-8,11,15-16H,2-4,6,9-10,12,19H2,1H3,(H,20,22)(H,21,23);1H. The molecule has 0 bridgehead atoms. The zero-order valence-electron chi connectivity index (χ0n) is 14.2. The van der Waals surface area contributed by atoms with Crippen molar-refractivity contribution < 1.29 is 9.59 Å². The Bertz CT molecular complexity index is 551. The molecule has 1 aromatic carbocycles. The van der Waals surface area contributed by atoms with Gasteiger partial charge in [-0.15, -0.1) is 12.4 Å². The van der Waals surface area contributed by atoms with Crippen molar-refractivity contribution in [3.8, 4) is 0 Å². The Morgan fingerprint density at radius 1 is 1.17 bits per heavy atom. The van der Waals surface area contributed by atoms with E-state index in [4.69, 9.17) is 5.73 Å². The number of hydrogen-bond donors (Lipinski definition) is 3. The third-order valence-corrected chi connectivity index (χ3v) is 4.45. The fourth-order valence-electron chi connectivity index (χ4n) is 3.07. The van der Waals surface area contributed by atoms with Gasteiger partial charge in [-0.25, -0.2) is 0 Å². The summed E-state index contributed by atoms with van der Waals surface area (Å²) in [5.41, 5.74) is 6.86. The summed E-state index contributed by atoms with van der Waals surface area (Å²) in [5.74, 6) is 0.0863. The Kier molecular flexibility index (Phi) is 8.79. The number of nitrogens with two attached hydrogens (primary N) is 1. The van der Waals surface area contributed by atoms with Crippen LogP contribution in [0.4, 0.5) is 0 Å². The van der Waals surface area contributed by atoms with E-state index in [1.807, 2.05) is 6.92 Å². The maximum Gasteiger partial charge on any atom is 0.251 e. The van der Waals surface area contributed by atoms with E-state index < -0.39 is 0 Å². The van der Waals surface area contributed by atoms with Gasteiger partial charge in [-0.3, -0.25) is 9.59 Å². The topological polar surface area (TPSA) is 84.2 Å². The summed E-state index contributed by atoms with van der Waals surface area (Å²) in [6.07, 6.45) is 5.24. The average molecular weight is 354 g/mol. The number of rotatable bonds is 6. The van der Waals surface area contributed by atoms with Crippen LogP contribution in [0.25, 0.3) is 0 Å². The van der Waals surface area contributed by atoms with Crippen LogP contribution in [0.5, 0.6) is 0 Å². The molecule has 0 heterocycles. The van der Waals surface area contributed by atoms with Crippen molar-refractivity contribution in [1.29, 1.82) is 0 Å². The third-order valence-electron chi connectivity index (χ3n) is 4.45. The number of nitrogens with one attached hydrogen (secondary N) is 2. The molecule has 0 radical (unpaired) electrons. The number of carbonyl (C=O) groups is 2. The number of carbonyl (C=O) groups excluding carboxylic acids is 2. The summed E-state index contributed by atoms with van der Waals surface area (Å²) in [4.78, 5) is 24.5. The Morgan fingerprint density at radius 2 is 1.83 bits per heavy atom. The molecule has 1 saturated carbocycles. The van der Waals surface area contributed by atoms with Gasteiger partial charge in [-0.1, -0.05) is 25.8 Å². The van der Waals surface area contributed by atoms with Crippen molar-refractivity contribution in [3.63, 3.8) is 0 Å². The van der Waals surface area contributed by atoms with Crippen LogP contribution in [0.15, 0.2) is 24.3 Å². The molecule has 6 heteroatoms. The molecule has 2 atom stereocenters. The Hall–Kier alpha value is -1.59. The van der Waals surface area contributed by atoms with E-state index in [9.17, 15) is 9.59 Å². The molecule has 2 rings (SSSR count). The van der Waals surface area contributed by atoms with Gasteiger partial charge in [-0.05, 0) is 49.9 Å². The van der Waals surface area contributed by atoms with Gasteiger partial charge in [0.25, 0.3) is 11.8 Å². The molecule has 1 aromatic rings. The lowest BCUT2D eigenvalue weighted by atomic mass is 9.84. The highest BCUT2D eigenvalue weighted by molar-refractivity contribution is 5.99. The summed E-state index contributed by atoms with van der Waals surface area (Å²) < 4.78 is 0. The van der Waals surface area contributed by atoms with Gasteiger partial charge in [-0.2, -0.15) is 0 Å². The Balaban J connectivity index is 0.00000288. The fourth-order valence-corrected chi connectivity index (χ4v) is 3.07. The SMILES string of the molecule is CCCNC(=O)c1cccc(C(=O)NC2CCCCC2CN)c1.Cl. The van der Waals surface area contributed by atoms with Crippen LogP contribution < -0.4 is 16.4 Å². The summed E-state index contributed by atoms with van der Waals surface area (Å²) in [6, 6.07) is 7.01. The van der Waals surface area contributed by atoms with Gasteiger partial charge in [0.15, 0.2) is 0 Å². The summed E-state index contributed by atoms with van der Waals surface area (Å²) in [7, 11) is 0. The highest BCUT2D eigenvalue weighted by Crippen LogP contribution is 2.23. The lowest BCUT2D eigenvalue weighted by Gasteiger charge is -2.31. The van der Waals surface area contributed by atoms with E-state index in [-0.39, 0.29) is 30.3 Å².